The van der Waals surface area contributed by atoms with E-state index in [9.17, 15) is 13.2 Å². The van der Waals surface area contributed by atoms with E-state index >= 15 is 0 Å². The van der Waals surface area contributed by atoms with E-state index in [1.54, 1.807) is 13.8 Å². The van der Waals surface area contributed by atoms with Crippen LogP contribution in [0.4, 0.5) is 19.0 Å². The number of nitrogens with two attached hydrogens (primary N) is 1. The Labute approximate surface area is 124 Å². The first kappa shape index (κ1) is 15.3. The van der Waals surface area contributed by atoms with E-state index in [0.29, 0.717) is 22.5 Å². The molecule has 0 aliphatic rings. The molecule has 1 aromatic heterocycles. The smallest absolute Gasteiger partial charge is 0.384 e. The Morgan fingerprint density at radius 1 is 1.29 bits per heavy atom. The number of hydrogen-bond donors (Lipinski definition) is 1. The SMILES string of the molecule is Cc1c(C#N)c(N)n(-c2ccc(C(F)(F)F)cc2Cl)c1C. The minimum absolute atomic E-state index is 0.0842. The summed E-state index contributed by atoms with van der Waals surface area (Å²) in [4.78, 5) is 0. The molecule has 3 nitrogen and oxygen atoms in total. The van der Waals surface area contributed by atoms with Gasteiger partial charge in [0.05, 0.1) is 21.8 Å². The monoisotopic (exact) mass is 313 g/mol. The molecule has 0 saturated heterocycles. The Bertz CT molecular complexity index is 754. The van der Waals surface area contributed by atoms with Crippen LogP contribution < -0.4 is 5.73 Å². The van der Waals surface area contributed by atoms with Crippen molar-refractivity contribution >= 4 is 17.4 Å². The van der Waals surface area contributed by atoms with Crippen molar-refractivity contribution in [2.24, 2.45) is 0 Å². The molecule has 0 bridgehead atoms. The molecule has 0 spiro atoms. The zero-order chi connectivity index (χ0) is 15.9. The minimum atomic E-state index is -4.47. The van der Waals surface area contributed by atoms with Crippen molar-refractivity contribution in [3.8, 4) is 11.8 Å². The summed E-state index contributed by atoms with van der Waals surface area (Å²) >= 11 is 5.96. The minimum Gasteiger partial charge on any atom is -0.384 e. The van der Waals surface area contributed by atoms with Gasteiger partial charge in [-0.05, 0) is 37.6 Å². The molecule has 0 radical (unpaired) electrons. The Hall–Kier alpha value is -2.13. The average Bonchev–Trinajstić information content (AvgIpc) is 2.60. The number of aromatic nitrogens is 1. The number of nitrogen functional groups attached to an aromatic ring is 1. The predicted octanol–water partition coefficient (Wildman–Crippen LogP) is 4.22. The summed E-state index contributed by atoms with van der Waals surface area (Å²) in [6, 6.07) is 5.00. The van der Waals surface area contributed by atoms with Crippen LogP contribution in [0.3, 0.4) is 0 Å². The molecule has 110 valence electrons. The summed E-state index contributed by atoms with van der Waals surface area (Å²) in [7, 11) is 0. The van der Waals surface area contributed by atoms with Gasteiger partial charge in [-0.3, -0.25) is 4.57 Å². The average molecular weight is 314 g/mol. The van der Waals surface area contributed by atoms with Gasteiger partial charge >= 0.3 is 6.18 Å². The third-order valence-corrected chi connectivity index (χ3v) is 3.68. The Balaban J connectivity index is 2.68. The van der Waals surface area contributed by atoms with Gasteiger partial charge in [-0.25, -0.2) is 0 Å². The number of anilines is 1. The fourth-order valence-corrected chi connectivity index (χ4v) is 2.41. The zero-order valence-corrected chi connectivity index (χ0v) is 12.0. The molecule has 0 unspecified atom stereocenters. The van der Waals surface area contributed by atoms with Crippen LogP contribution in [-0.4, -0.2) is 4.57 Å². The van der Waals surface area contributed by atoms with Crippen molar-refractivity contribution in [2.45, 2.75) is 20.0 Å². The molecule has 7 heteroatoms. The van der Waals surface area contributed by atoms with E-state index in [0.717, 1.165) is 12.1 Å². The Morgan fingerprint density at radius 3 is 2.33 bits per heavy atom. The summed E-state index contributed by atoms with van der Waals surface area (Å²) in [6.07, 6.45) is -4.47. The third kappa shape index (κ3) is 2.45. The number of halogens is 4. The maximum absolute atomic E-state index is 12.7. The van der Waals surface area contributed by atoms with Crippen LogP contribution in [-0.2, 0) is 6.18 Å². The van der Waals surface area contributed by atoms with E-state index in [1.807, 2.05) is 6.07 Å². The normalized spacial score (nSPS) is 11.5. The van der Waals surface area contributed by atoms with Crippen molar-refractivity contribution in [3.63, 3.8) is 0 Å². The number of nitriles is 1. The van der Waals surface area contributed by atoms with E-state index < -0.39 is 11.7 Å². The molecule has 0 atom stereocenters. The van der Waals surface area contributed by atoms with Crippen LogP contribution in [0.25, 0.3) is 5.69 Å². The summed E-state index contributed by atoms with van der Waals surface area (Å²) in [6.45, 7) is 3.44. The molecule has 2 N–H and O–H groups in total. The fourth-order valence-electron chi connectivity index (χ4n) is 2.15. The van der Waals surface area contributed by atoms with Gasteiger partial charge in [0.15, 0.2) is 0 Å². The number of nitrogens with zero attached hydrogens (tertiary/aromatic N) is 2. The van der Waals surface area contributed by atoms with Crippen LogP contribution in [0.15, 0.2) is 18.2 Å². The molecule has 0 amide bonds. The van der Waals surface area contributed by atoms with Gasteiger partial charge in [0, 0.05) is 5.69 Å². The van der Waals surface area contributed by atoms with Crippen LogP contribution in [0.5, 0.6) is 0 Å². The van der Waals surface area contributed by atoms with Crippen LogP contribution in [0.1, 0.15) is 22.4 Å². The van der Waals surface area contributed by atoms with Crippen LogP contribution >= 0.6 is 11.6 Å². The molecule has 1 aromatic carbocycles. The number of hydrogen-bond acceptors (Lipinski definition) is 2. The number of benzene rings is 1. The lowest BCUT2D eigenvalue weighted by molar-refractivity contribution is -0.137. The highest BCUT2D eigenvalue weighted by atomic mass is 35.5. The van der Waals surface area contributed by atoms with Crippen molar-refractivity contribution in [1.82, 2.24) is 4.57 Å². The molecular weight excluding hydrogens is 303 g/mol. The largest absolute Gasteiger partial charge is 0.416 e. The lowest BCUT2D eigenvalue weighted by Crippen LogP contribution is -2.07. The molecule has 0 aliphatic heterocycles. The molecule has 0 fully saturated rings. The van der Waals surface area contributed by atoms with Gasteiger partial charge in [0.1, 0.15) is 11.9 Å². The second-order valence-corrected chi connectivity index (χ2v) is 4.99. The maximum Gasteiger partial charge on any atom is 0.416 e. The molecule has 2 rings (SSSR count). The zero-order valence-electron chi connectivity index (χ0n) is 11.2. The second-order valence-electron chi connectivity index (χ2n) is 4.58. The predicted molar refractivity (Wildman–Crippen MR) is 74.4 cm³/mol. The van der Waals surface area contributed by atoms with Crippen LogP contribution in [0.2, 0.25) is 5.02 Å². The molecule has 0 saturated carbocycles. The molecule has 21 heavy (non-hydrogen) atoms. The molecular formula is C14H11ClF3N3. The van der Waals surface area contributed by atoms with Gasteiger partial charge in [-0.15, -0.1) is 0 Å². The first-order valence-electron chi connectivity index (χ1n) is 5.93. The molecule has 0 aliphatic carbocycles. The highest BCUT2D eigenvalue weighted by Crippen LogP contribution is 2.35. The fraction of sp³-hybridized carbons (Fsp3) is 0.214. The number of alkyl halides is 3. The maximum atomic E-state index is 12.7. The lowest BCUT2D eigenvalue weighted by atomic mass is 10.2. The molecule has 2 aromatic rings. The van der Waals surface area contributed by atoms with Crippen LogP contribution in [0, 0.1) is 25.2 Å². The topological polar surface area (TPSA) is 54.7 Å². The van der Waals surface area contributed by atoms with Crippen molar-refractivity contribution in [3.05, 3.63) is 45.6 Å². The van der Waals surface area contributed by atoms with E-state index in [-0.39, 0.29) is 10.8 Å². The lowest BCUT2D eigenvalue weighted by Gasteiger charge is -2.13. The quantitative estimate of drug-likeness (QED) is 0.857. The highest BCUT2D eigenvalue weighted by Gasteiger charge is 2.31. The second kappa shape index (κ2) is 5.01. The highest BCUT2D eigenvalue weighted by molar-refractivity contribution is 6.32. The third-order valence-electron chi connectivity index (χ3n) is 3.38. The van der Waals surface area contributed by atoms with Gasteiger partial charge < -0.3 is 5.73 Å². The van der Waals surface area contributed by atoms with Crippen molar-refractivity contribution in [2.75, 3.05) is 5.73 Å². The number of rotatable bonds is 1. The van der Waals surface area contributed by atoms with E-state index in [4.69, 9.17) is 22.6 Å². The van der Waals surface area contributed by atoms with Gasteiger partial charge in [-0.1, -0.05) is 11.6 Å². The Morgan fingerprint density at radius 2 is 1.90 bits per heavy atom. The van der Waals surface area contributed by atoms with Gasteiger partial charge in [0.2, 0.25) is 0 Å². The summed E-state index contributed by atoms with van der Waals surface area (Å²) in [5.74, 6) is 0.161. The van der Waals surface area contributed by atoms with E-state index in [1.165, 1.54) is 10.6 Å². The van der Waals surface area contributed by atoms with E-state index in [2.05, 4.69) is 0 Å². The summed E-state index contributed by atoms with van der Waals surface area (Å²) in [5, 5.41) is 8.99. The first-order chi connectivity index (χ1) is 9.68. The van der Waals surface area contributed by atoms with Crippen molar-refractivity contribution < 1.29 is 13.2 Å². The van der Waals surface area contributed by atoms with Gasteiger partial charge in [-0.2, -0.15) is 18.4 Å². The summed E-state index contributed by atoms with van der Waals surface area (Å²) < 4.78 is 39.4. The van der Waals surface area contributed by atoms with Gasteiger partial charge in [0.25, 0.3) is 0 Å². The Kier molecular flexibility index (Phi) is 3.64. The molecule has 1 heterocycles. The van der Waals surface area contributed by atoms with Crippen molar-refractivity contribution in [1.29, 1.82) is 5.26 Å². The standard InChI is InChI=1S/C14H11ClF3N3/c1-7-8(2)21(13(20)10(7)6-19)12-4-3-9(5-11(12)15)14(16,17)18/h3-5H,20H2,1-2H3. The first-order valence-corrected chi connectivity index (χ1v) is 6.31. The summed E-state index contributed by atoms with van der Waals surface area (Å²) in [5.41, 5.74) is 7.00.